The maximum Gasteiger partial charge on any atom is 0.227 e. The highest BCUT2D eigenvalue weighted by molar-refractivity contribution is 6.01. The number of aromatic nitrogens is 2. The van der Waals surface area contributed by atoms with Crippen molar-refractivity contribution in [3.63, 3.8) is 0 Å². The average molecular weight is 523 g/mol. The molecule has 38 heavy (non-hydrogen) atoms. The van der Waals surface area contributed by atoms with E-state index in [0.717, 1.165) is 31.7 Å². The Morgan fingerprint density at radius 2 is 1.71 bits per heavy atom. The molecule has 0 unspecified atom stereocenters. The number of nitrogens with one attached hydrogen (secondary N) is 1. The molecule has 1 fully saturated rings. The van der Waals surface area contributed by atoms with E-state index >= 15 is 0 Å². The number of benzene rings is 2. The number of halogens is 1. The first-order valence-corrected chi connectivity index (χ1v) is 12.5. The molecule has 0 atom stereocenters. The second-order valence-electron chi connectivity index (χ2n) is 9.27. The minimum Gasteiger partial charge on any atom is -0.493 e. The Kier molecular flexibility index (Phi) is 8.47. The highest BCUT2D eigenvalue weighted by Crippen LogP contribution is 2.35. The van der Waals surface area contributed by atoms with Crippen molar-refractivity contribution in [2.24, 2.45) is 10.7 Å². The van der Waals surface area contributed by atoms with Crippen LogP contribution >= 0.6 is 0 Å². The number of hydrogen-bond acceptors (Lipinski definition) is 9. The third-order valence-electron chi connectivity index (χ3n) is 6.51. The number of aliphatic imine (C=N–C) groups is 1. The maximum atomic E-state index is 13.3. The molecule has 1 aliphatic heterocycles. The molecule has 202 valence electrons. The van der Waals surface area contributed by atoms with Crippen LogP contribution < -0.4 is 31.2 Å². The van der Waals surface area contributed by atoms with E-state index in [4.69, 9.17) is 25.9 Å². The van der Waals surface area contributed by atoms with Crippen molar-refractivity contribution >= 4 is 29.1 Å². The summed E-state index contributed by atoms with van der Waals surface area (Å²) in [6.45, 7) is 8.07. The molecule has 2 heterocycles. The smallest absolute Gasteiger partial charge is 0.227 e. The molecule has 0 amide bonds. The predicted molar refractivity (Wildman–Crippen MR) is 149 cm³/mol. The first kappa shape index (κ1) is 26.9. The average Bonchev–Trinajstić information content (AvgIpc) is 2.93. The Labute approximate surface area is 222 Å². The molecule has 1 aliphatic rings. The van der Waals surface area contributed by atoms with Crippen LogP contribution in [0.1, 0.15) is 25.0 Å². The molecule has 5 N–H and O–H groups in total. The van der Waals surface area contributed by atoms with Gasteiger partial charge in [-0.1, -0.05) is 12.1 Å². The summed E-state index contributed by atoms with van der Waals surface area (Å²) in [5.41, 5.74) is 14.8. The van der Waals surface area contributed by atoms with Crippen molar-refractivity contribution in [3.05, 3.63) is 59.4 Å². The van der Waals surface area contributed by atoms with E-state index in [1.807, 2.05) is 0 Å². The Bertz CT molecular complexity index is 1270. The molecular formula is C27H35FN8O2. The Hall–Kier alpha value is -4.12. The number of methoxy groups -OCH3 is 2. The number of hydrogen-bond donors (Lipinski definition) is 3. The Morgan fingerprint density at radius 1 is 1.03 bits per heavy atom. The zero-order valence-electron chi connectivity index (χ0n) is 22.2. The summed E-state index contributed by atoms with van der Waals surface area (Å²) in [5.74, 6) is 2.25. The number of piperazine rings is 1. The molecule has 0 radical (unpaired) electrons. The fraction of sp³-hybridized carbons (Fsp3) is 0.370. The lowest BCUT2D eigenvalue weighted by atomic mass is 10.2. The third-order valence-corrected chi connectivity index (χ3v) is 6.51. The van der Waals surface area contributed by atoms with Gasteiger partial charge in [0.25, 0.3) is 0 Å². The lowest BCUT2D eigenvalue weighted by Gasteiger charge is -2.38. The summed E-state index contributed by atoms with van der Waals surface area (Å²) in [6, 6.07) is 12.0. The van der Waals surface area contributed by atoms with Gasteiger partial charge in [0.1, 0.15) is 11.7 Å². The number of nitrogens with two attached hydrogens (primary N) is 2. The minimum absolute atomic E-state index is 0.200. The quantitative estimate of drug-likeness (QED) is 0.286. The maximum absolute atomic E-state index is 13.3. The number of nitrogens with zero attached hydrogens (tertiary/aromatic N) is 5. The van der Waals surface area contributed by atoms with Crippen LogP contribution in [-0.4, -0.2) is 67.1 Å². The van der Waals surface area contributed by atoms with Gasteiger partial charge >= 0.3 is 0 Å². The lowest BCUT2D eigenvalue weighted by molar-refractivity contribution is 0.209. The summed E-state index contributed by atoms with van der Waals surface area (Å²) in [6.07, 6.45) is 0. The van der Waals surface area contributed by atoms with Gasteiger partial charge in [-0.2, -0.15) is 9.97 Å². The third kappa shape index (κ3) is 6.23. The van der Waals surface area contributed by atoms with Crippen LogP contribution in [0.5, 0.6) is 11.5 Å². The second-order valence-corrected chi connectivity index (χ2v) is 9.27. The fourth-order valence-corrected chi connectivity index (χ4v) is 4.28. The van der Waals surface area contributed by atoms with Crippen LogP contribution in [0.15, 0.2) is 47.5 Å². The van der Waals surface area contributed by atoms with Crippen molar-refractivity contribution in [1.29, 1.82) is 0 Å². The van der Waals surface area contributed by atoms with Crippen molar-refractivity contribution in [2.75, 3.05) is 56.3 Å². The van der Waals surface area contributed by atoms with E-state index < -0.39 is 0 Å². The molecule has 11 heteroatoms. The van der Waals surface area contributed by atoms with E-state index in [2.05, 4.69) is 38.9 Å². The molecule has 1 aromatic heterocycles. The highest BCUT2D eigenvalue weighted by Gasteiger charge is 2.24. The van der Waals surface area contributed by atoms with Crippen molar-refractivity contribution in [3.8, 4) is 11.5 Å². The van der Waals surface area contributed by atoms with Crippen LogP contribution in [-0.2, 0) is 6.54 Å². The first-order chi connectivity index (χ1) is 18.3. The summed E-state index contributed by atoms with van der Waals surface area (Å²) in [5, 5.41) is 3.20. The summed E-state index contributed by atoms with van der Waals surface area (Å²) >= 11 is 0. The van der Waals surface area contributed by atoms with Crippen LogP contribution in [0, 0.1) is 5.82 Å². The first-order valence-electron chi connectivity index (χ1n) is 12.5. The van der Waals surface area contributed by atoms with Crippen molar-refractivity contribution in [1.82, 2.24) is 14.9 Å². The van der Waals surface area contributed by atoms with Gasteiger partial charge in [0.2, 0.25) is 5.95 Å². The van der Waals surface area contributed by atoms with Gasteiger partial charge in [-0.15, -0.1) is 0 Å². The van der Waals surface area contributed by atoms with Gasteiger partial charge in [-0.3, -0.25) is 4.90 Å². The van der Waals surface area contributed by atoms with Crippen LogP contribution in [0.2, 0.25) is 0 Å². The predicted octanol–water partition coefficient (Wildman–Crippen LogP) is 3.39. The van der Waals surface area contributed by atoms with E-state index in [1.54, 1.807) is 44.6 Å². The standard InChI is InChI=1S/C27H35FN8O2/c1-17(2)35-11-13-36(14-12-35)26-23(32-24(29)19-7-10-21(37-3)22(15-19)38-4)25(30)33-27(34-26)31-16-18-5-8-20(28)9-6-18/h5-10,15,17H,11-14,16H2,1-4H3,(H2,29,32)(H3,30,31,33,34). The molecule has 0 saturated carbocycles. The number of rotatable bonds is 9. The van der Waals surface area contributed by atoms with Gasteiger partial charge in [-0.05, 0) is 49.7 Å². The minimum atomic E-state index is -0.286. The normalized spacial score (nSPS) is 14.6. The number of ether oxygens (including phenoxy) is 2. The van der Waals surface area contributed by atoms with Crippen LogP contribution in [0.3, 0.4) is 0 Å². The zero-order valence-corrected chi connectivity index (χ0v) is 22.2. The summed E-state index contributed by atoms with van der Waals surface area (Å²) < 4.78 is 24.0. The van der Waals surface area contributed by atoms with Crippen LogP contribution in [0.4, 0.5) is 27.7 Å². The molecule has 1 saturated heterocycles. The van der Waals surface area contributed by atoms with E-state index in [1.165, 1.54) is 12.1 Å². The largest absolute Gasteiger partial charge is 0.493 e. The molecule has 2 aromatic carbocycles. The summed E-state index contributed by atoms with van der Waals surface area (Å²) in [4.78, 5) is 18.5. The number of amidine groups is 1. The molecule has 0 bridgehead atoms. The van der Waals surface area contributed by atoms with Crippen LogP contribution in [0.25, 0.3) is 0 Å². The fourth-order valence-electron chi connectivity index (χ4n) is 4.28. The molecule has 10 nitrogen and oxygen atoms in total. The molecule has 3 aromatic rings. The molecule has 4 rings (SSSR count). The highest BCUT2D eigenvalue weighted by atomic mass is 19.1. The van der Waals surface area contributed by atoms with Gasteiger partial charge in [-0.25, -0.2) is 9.38 Å². The molecule has 0 aliphatic carbocycles. The molecule has 0 spiro atoms. The second kappa shape index (κ2) is 12.0. The number of nitrogen functional groups attached to an aromatic ring is 1. The monoisotopic (exact) mass is 522 g/mol. The van der Waals surface area contributed by atoms with Crippen molar-refractivity contribution in [2.45, 2.75) is 26.4 Å². The molecular weight excluding hydrogens is 487 g/mol. The van der Waals surface area contributed by atoms with Gasteiger partial charge in [0, 0.05) is 44.3 Å². The lowest BCUT2D eigenvalue weighted by Crippen LogP contribution is -2.49. The topological polar surface area (TPSA) is 127 Å². The zero-order chi connectivity index (χ0) is 27.2. The van der Waals surface area contributed by atoms with Crippen molar-refractivity contribution < 1.29 is 13.9 Å². The van der Waals surface area contributed by atoms with Gasteiger partial charge < -0.3 is 31.2 Å². The van der Waals surface area contributed by atoms with Gasteiger partial charge in [0.15, 0.2) is 28.8 Å². The van der Waals surface area contributed by atoms with E-state index in [9.17, 15) is 4.39 Å². The summed E-state index contributed by atoms with van der Waals surface area (Å²) in [7, 11) is 3.14. The Balaban J connectivity index is 1.67. The Morgan fingerprint density at radius 3 is 2.34 bits per heavy atom. The van der Waals surface area contributed by atoms with Gasteiger partial charge in [0.05, 0.1) is 14.2 Å². The SMILES string of the molecule is COc1ccc(C(N)=Nc2c(N)nc(NCc3ccc(F)cc3)nc2N2CCN(C(C)C)CC2)cc1OC. The van der Waals surface area contributed by atoms with E-state index in [0.29, 0.717) is 47.1 Å². The number of anilines is 3. The van der Waals surface area contributed by atoms with E-state index in [-0.39, 0.29) is 17.5 Å².